The molecule has 1 N–H and O–H groups in total. The van der Waals surface area contributed by atoms with Crippen molar-refractivity contribution in [2.24, 2.45) is 0 Å². The van der Waals surface area contributed by atoms with Gasteiger partial charge in [-0.25, -0.2) is 0 Å². The third-order valence-electron chi connectivity index (χ3n) is 1.43. The topological polar surface area (TPSA) is 32.9 Å². The Morgan fingerprint density at radius 1 is 1.70 bits per heavy atom. The number of ketones is 1. The molecule has 0 unspecified atom stereocenters. The van der Waals surface area contributed by atoms with Crippen molar-refractivity contribution in [2.45, 2.75) is 13.8 Å². The summed E-state index contributed by atoms with van der Waals surface area (Å²) >= 11 is 3.30. The van der Waals surface area contributed by atoms with Gasteiger partial charge in [-0.2, -0.15) is 0 Å². The second-order valence-corrected chi connectivity index (χ2v) is 3.05. The number of rotatable bonds is 1. The Kier molecular flexibility index (Phi) is 1.94. The number of H-pyrrole nitrogens is 1. The molecule has 0 bridgehead atoms. The molecule has 0 spiro atoms. The van der Waals surface area contributed by atoms with Crippen LogP contribution in [0.25, 0.3) is 0 Å². The van der Waals surface area contributed by atoms with Gasteiger partial charge in [-0.05, 0) is 28.4 Å². The van der Waals surface area contributed by atoms with E-state index in [2.05, 4.69) is 20.9 Å². The van der Waals surface area contributed by atoms with E-state index in [9.17, 15) is 4.79 Å². The fourth-order valence-corrected chi connectivity index (χ4v) is 1.15. The van der Waals surface area contributed by atoms with Gasteiger partial charge in [-0.3, -0.25) is 4.79 Å². The molecule has 1 rings (SSSR count). The lowest BCUT2D eigenvalue weighted by Gasteiger charge is -1.90. The number of aromatic amines is 1. The first-order chi connectivity index (χ1) is 4.63. The maximum atomic E-state index is 10.8. The zero-order chi connectivity index (χ0) is 7.72. The van der Waals surface area contributed by atoms with Crippen molar-refractivity contribution in [1.29, 1.82) is 0 Å². The van der Waals surface area contributed by atoms with Crippen molar-refractivity contribution in [1.82, 2.24) is 4.98 Å². The standard InChI is InChI=1S/C7H8BrNO/c1-4-6(8)3-9-7(4)5(2)10/h3,9H,1-2H3. The van der Waals surface area contributed by atoms with Crippen LogP contribution in [0.1, 0.15) is 23.0 Å². The minimum atomic E-state index is 0.0724. The molecule has 0 atom stereocenters. The average molecular weight is 202 g/mol. The summed E-state index contributed by atoms with van der Waals surface area (Å²) in [6.45, 7) is 3.45. The summed E-state index contributed by atoms with van der Waals surface area (Å²) < 4.78 is 0.956. The van der Waals surface area contributed by atoms with Gasteiger partial charge in [-0.1, -0.05) is 0 Å². The zero-order valence-electron chi connectivity index (χ0n) is 5.86. The molecular formula is C7H8BrNO. The highest BCUT2D eigenvalue weighted by molar-refractivity contribution is 9.10. The molecular weight excluding hydrogens is 194 g/mol. The maximum Gasteiger partial charge on any atom is 0.176 e. The van der Waals surface area contributed by atoms with Gasteiger partial charge in [0.2, 0.25) is 0 Å². The molecule has 0 fully saturated rings. The van der Waals surface area contributed by atoms with Crippen LogP contribution in [0.5, 0.6) is 0 Å². The Labute approximate surface area is 67.8 Å². The summed E-state index contributed by atoms with van der Waals surface area (Å²) in [4.78, 5) is 13.7. The average Bonchev–Trinajstić information content (AvgIpc) is 2.14. The van der Waals surface area contributed by atoms with E-state index in [1.54, 1.807) is 13.1 Å². The summed E-state index contributed by atoms with van der Waals surface area (Å²) in [6.07, 6.45) is 1.77. The zero-order valence-corrected chi connectivity index (χ0v) is 7.45. The third kappa shape index (κ3) is 1.14. The highest BCUT2D eigenvalue weighted by Crippen LogP contribution is 2.18. The van der Waals surface area contributed by atoms with Gasteiger partial charge >= 0.3 is 0 Å². The first-order valence-electron chi connectivity index (χ1n) is 2.97. The van der Waals surface area contributed by atoms with E-state index >= 15 is 0 Å². The van der Waals surface area contributed by atoms with Crippen LogP contribution in [0.15, 0.2) is 10.7 Å². The minimum Gasteiger partial charge on any atom is -0.357 e. The molecule has 0 aliphatic rings. The summed E-state index contributed by atoms with van der Waals surface area (Å²) in [5.74, 6) is 0.0724. The minimum absolute atomic E-state index is 0.0724. The molecule has 0 saturated heterocycles. The Morgan fingerprint density at radius 2 is 2.30 bits per heavy atom. The van der Waals surface area contributed by atoms with Gasteiger partial charge < -0.3 is 4.98 Å². The molecule has 3 heteroatoms. The molecule has 0 amide bonds. The van der Waals surface area contributed by atoms with Gasteiger partial charge in [0.05, 0.1) is 5.69 Å². The van der Waals surface area contributed by atoms with Crippen LogP contribution in [-0.2, 0) is 0 Å². The lowest BCUT2D eigenvalue weighted by molar-refractivity contribution is 0.101. The summed E-state index contributed by atoms with van der Waals surface area (Å²) in [5, 5.41) is 0. The number of Topliss-reactive ketones (excluding diaryl/α,β-unsaturated/α-hetero) is 1. The molecule has 0 radical (unpaired) electrons. The van der Waals surface area contributed by atoms with E-state index in [0.29, 0.717) is 5.69 Å². The predicted molar refractivity (Wildman–Crippen MR) is 43.2 cm³/mol. The van der Waals surface area contributed by atoms with E-state index in [1.807, 2.05) is 6.92 Å². The van der Waals surface area contributed by atoms with Crippen molar-refractivity contribution in [3.05, 3.63) is 21.9 Å². The molecule has 1 heterocycles. The van der Waals surface area contributed by atoms with E-state index in [4.69, 9.17) is 0 Å². The first kappa shape index (κ1) is 7.54. The molecule has 1 aromatic heterocycles. The number of nitrogens with one attached hydrogen (secondary N) is 1. The van der Waals surface area contributed by atoms with Crippen LogP contribution in [-0.4, -0.2) is 10.8 Å². The number of hydrogen-bond acceptors (Lipinski definition) is 1. The number of aromatic nitrogens is 1. The van der Waals surface area contributed by atoms with Gasteiger partial charge in [0.15, 0.2) is 5.78 Å². The van der Waals surface area contributed by atoms with Crippen LogP contribution in [0.3, 0.4) is 0 Å². The Bertz CT molecular complexity index is 265. The van der Waals surface area contributed by atoms with Crippen LogP contribution in [0.4, 0.5) is 0 Å². The molecule has 10 heavy (non-hydrogen) atoms. The van der Waals surface area contributed by atoms with E-state index in [-0.39, 0.29) is 5.78 Å². The van der Waals surface area contributed by atoms with Crippen molar-refractivity contribution in [3.8, 4) is 0 Å². The van der Waals surface area contributed by atoms with Gasteiger partial charge in [0.25, 0.3) is 0 Å². The predicted octanol–water partition coefficient (Wildman–Crippen LogP) is 2.29. The summed E-state index contributed by atoms with van der Waals surface area (Å²) in [5.41, 5.74) is 1.67. The molecule has 0 aliphatic heterocycles. The lowest BCUT2D eigenvalue weighted by Crippen LogP contribution is -1.93. The number of carbonyl (C=O) groups is 1. The van der Waals surface area contributed by atoms with Gasteiger partial charge in [0, 0.05) is 17.6 Å². The van der Waals surface area contributed by atoms with E-state index < -0.39 is 0 Å². The van der Waals surface area contributed by atoms with Gasteiger partial charge in [0.1, 0.15) is 0 Å². The highest BCUT2D eigenvalue weighted by Gasteiger charge is 2.07. The Hall–Kier alpha value is -0.570. The first-order valence-corrected chi connectivity index (χ1v) is 3.76. The second kappa shape index (κ2) is 2.58. The molecule has 54 valence electrons. The van der Waals surface area contributed by atoms with Crippen LogP contribution >= 0.6 is 15.9 Å². The normalized spacial score (nSPS) is 9.90. The Balaban J connectivity index is 3.17. The smallest absolute Gasteiger partial charge is 0.176 e. The molecule has 0 saturated carbocycles. The number of carbonyl (C=O) groups excluding carboxylic acids is 1. The SMILES string of the molecule is CC(=O)c1[nH]cc(Br)c1C. The maximum absolute atomic E-state index is 10.8. The Morgan fingerprint density at radius 3 is 2.50 bits per heavy atom. The van der Waals surface area contributed by atoms with E-state index in [0.717, 1.165) is 10.0 Å². The fraction of sp³-hybridized carbons (Fsp3) is 0.286. The molecule has 0 aromatic carbocycles. The van der Waals surface area contributed by atoms with Crippen molar-refractivity contribution < 1.29 is 4.79 Å². The number of halogens is 1. The number of hydrogen-bond donors (Lipinski definition) is 1. The van der Waals surface area contributed by atoms with Crippen molar-refractivity contribution in [3.63, 3.8) is 0 Å². The highest BCUT2D eigenvalue weighted by atomic mass is 79.9. The molecule has 1 aromatic rings. The quantitative estimate of drug-likeness (QED) is 0.696. The second-order valence-electron chi connectivity index (χ2n) is 2.19. The van der Waals surface area contributed by atoms with Crippen LogP contribution in [0, 0.1) is 6.92 Å². The fourth-order valence-electron chi connectivity index (χ4n) is 0.837. The summed E-state index contributed by atoms with van der Waals surface area (Å²) in [6, 6.07) is 0. The third-order valence-corrected chi connectivity index (χ3v) is 2.25. The summed E-state index contributed by atoms with van der Waals surface area (Å²) in [7, 11) is 0. The largest absolute Gasteiger partial charge is 0.357 e. The van der Waals surface area contributed by atoms with Crippen LogP contribution in [0.2, 0.25) is 0 Å². The van der Waals surface area contributed by atoms with Crippen molar-refractivity contribution in [2.75, 3.05) is 0 Å². The molecule has 2 nitrogen and oxygen atoms in total. The van der Waals surface area contributed by atoms with Gasteiger partial charge in [-0.15, -0.1) is 0 Å². The molecule has 0 aliphatic carbocycles. The van der Waals surface area contributed by atoms with E-state index in [1.165, 1.54) is 0 Å². The van der Waals surface area contributed by atoms with Crippen molar-refractivity contribution >= 4 is 21.7 Å². The monoisotopic (exact) mass is 201 g/mol. The lowest BCUT2D eigenvalue weighted by atomic mass is 10.2. The van der Waals surface area contributed by atoms with Crippen LogP contribution < -0.4 is 0 Å².